The predicted octanol–water partition coefficient (Wildman–Crippen LogP) is 4.25. The lowest BCUT2D eigenvalue weighted by atomic mass is 10.1. The maximum Gasteiger partial charge on any atom is 0.198 e. The van der Waals surface area contributed by atoms with Crippen molar-refractivity contribution in [2.75, 3.05) is 5.88 Å². The fourth-order valence-corrected chi connectivity index (χ4v) is 1.89. The van der Waals surface area contributed by atoms with Crippen molar-refractivity contribution < 1.29 is 4.79 Å². The maximum atomic E-state index is 11.6. The summed E-state index contributed by atoms with van der Waals surface area (Å²) in [5.41, 5.74) is 1.13. The SMILES string of the molecule is C=C(C)C(=O)C(Cl)(Cl)/C=C(/C)C(Br)CCl. The number of Topliss-reactive ketones (excluding diaryl/α,β-unsaturated/α-hetero) is 1. The molecule has 86 valence electrons. The number of rotatable bonds is 5. The predicted molar refractivity (Wildman–Crippen MR) is 71.5 cm³/mol. The van der Waals surface area contributed by atoms with Crippen molar-refractivity contribution >= 4 is 56.5 Å². The molecular weight excluding hydrogens is 322 g/mol. The summed E-state index contributed by atoms with van der Waals surface area (Å²) in [6.45, 7) is 6.87. The largest absolute Gasteiger partial charge is 0.291 e. The van der Waals surface area contributed by atoms with Gasteiger partial charge in [-0.3, -0.25) is 4.79 Å². The van der Waals surface area contributed by atoms with Crippen molar-refractivity contribution in [1.29, 1.82) is 0 Å². The molecule has 0 aliphatic heterocycles. The second-order valence-corrected chi connectivity index (χ2v) is 6.04. The normalized spacial score (nSPS) is 14.9. The molecule has 15 heavy (non-hydrogen) atoms. The molecule has 1 atom stereocenters. The number of allylic oxidation sites excluding steroid dienone is 3. The minimum Gasteiger partial charge on any atom is -0.291 e. The molecule has 0 heterocycles. The van der Waals surface area contributed by atoms with Gasteiger partial charge in [-0.15, -0.1) is 11.6 Å². The van der Waals surface area contributed by atoms with Crippen molar-refractivity contribution in [2.45, 2.75) is 23.0 Å². The van der Waals surface area contributed by atoms with Gasteiger partial charge < -0.3 is 0 Å². The first kappa shape index (κ1) is 15.5. The Kier molecular flexibility index (Phi) is 6.50. The Hall–Kier alpha value is 0.500. The van der Waals surface area contributed by atoms with Crippen LogP contribution in [0.25, 0.3) is 0 Å². The topological polar surface area (TPSA) is 17.1 Å². The van der Waals surface area contributed by atoms with E-state index in [9.17, 15) is 4.79 Å². The van der Waals surface area contributed by atoms with Crippen molar-refractivity contribution in [3.8, 4) is 0 Å². The van der Waals surface area contributed by atoms with Gasteiger partial charge in [0.25, 0.3) is 0 Å². The molecule has 0 bridgehead atoms. The van der Waals surface area contributed by atoms with Crippen molar-refractivity contribution in [3.63, 3.8) is 0 Å². The van der Waals surface area contributed by atoms with Gasteiger partial charge in [0.05, 0.1) is 0 Å². The van der Waals surface area contributed by atoms with E-state index in [2.05, 4.69) is 22.5 Å². The average molecular weight is 334 g/mol. The lowest BCUT2D eigenvalue weighted by Gasteiger charge is -2.16. The number of alkyl halides is 4. The number of halogens is 4. The maximum absolute atomic E-state index is 11.6. The Balaban J connectivity index is 4.90. The van der Waals surface area contributed by atoms with E-state index in [4.69, 9.17) is 34.8 Å². The Morgan fingerprint density at radius 1 is 1.53 bits per heavy atom. The minimum atomic E-state index is -1.56. The summed E-state index contributed by atoms with van der Waals surface area (Å²) >= 11 is 20.8. The van der Waals surface area contributed by atoms with Gasteiger partial charge in [-0.1, -0.05) is 51.3 Å². The van der Waals surface area contributed by atoms with Crippen LogP contribution in [-0.4, -0.2) is 20.8 Å². The summed E-state index contributed by atoms with van der Waals surface area (Å²) in [5.74, 6) is -0.0209. The molecule has 0 aliphatic carbocycles. The molecule has 1 unspecified atom stereocenters. The molecule has 0 aliphatic rings. The summed E-state index contributed by atoms with van der Waals surface area (Å²) in [6.07, 6.45) is 1.48. The van der Waals surface area contributed by atoms with Gasteiger partial charge in [0.1, 0.15) is 0 Å². The third kappa shape index (κ3) is 4.90. The highest BCUT2D eigenvalue weighted by atomic mass is 79.9. The van der Waals surface area contributed by atoms with Crippen molar-refractivity contribution in [1.82, 2.24) is 0 Å². The standard InChI is InChI=1S/C10H12BrCl3O/c1-6(2)9(15)10(13,14)4-7(3)8(11)5-12/h4,8H,1,5H2,2-3H3/b7-4-. The van der Waals surface area contributed by atoms with Crippen LogP contribution in [0.3, 0.4) is 0 Å². The molecule has 0 fully saturated rings. The highest BCUT2D eigenvalue weighted by molar-refractivity contribution is 9.09. The Bertz CT molecular complexity index is 297. The molecule has 0 radical (unpaired) electrons. The lowest BCUT2D eigenvalue weighted by molar-refractivity contribution is -0.115. The molecule has 0 saturated carbocycles. The van der Waals surface area contributed by atoms with Crippen LogP contribution in [0.15, 0.2) is 23.8 Å². The first-order valence-corrected chi connectivity index (χ1v) is 6.40. The Morgan fingerprint density at radius 3 is 2.33 bits per heavy atom. The molecule has 0 amide bonds. The van der Waals surface area contributed by atoms with E-state index >= 15 is 0 Å². The fraction of sp³-hybridized carbons (Fsp3) is 0.500. The molecule has 0 aromatic heterocycles. The second kappa shape index (κ2) is 6.29. The van der Waals surface area contributed by atoms with Crippen LogP contribution >= 0.6 is 50.7 Å². The van der Waals surface area contributed by atoms with E-state index < -0.39 is 10.1 Å². The van der Waals surface area contributed by atoms with E-state index in [-0.39, 0.29) is 4.83 Å². The average Bonchev–Trinajstić information content (AvgIpc) is 2.14. The quantitative estimate of drug-likeness (QED) is 0.417. The van der Waals surface area contributed by atoms with Crippen LogP contribution in [0.5, 0.6) is 0 Å². The fourth-order valence-electron chi connectivity index (χ4n) is 0.848. The van der Waals surface area contributed by atoms with Crippen LogP contribution in [-0.2, 0) is 4.79 Å². The molecule has 5 heteroatoms. The molecule has 0 aromatic rings. The first-order chi connectivity index (χ1) is 6.72. The number of carbonyl (C=O) groups excluding carboxylic acids is 1. The van der Waals surface area contributed by atoms with Crippen LogP contribution in [0, 0.1) is 0 Å². The zero-order chi connectivity index (χ0) is 12.2. The number of hydrogen-bond donors (Lipinski definition) is 0. The lowest BCUT2D eigenvalue weighted by Crippen LogP contribution is -2.25. The first-order valence-electron chi connectivity index (χ1n) is 4.20. The minimum absolute atomic E-state index is 0.0473. The van der Waals surface area contributed by atoms with E-state index in [0.29, 0.717) is 11.5 Å². The zero-order valence-electron chi connectivity index (χ0n) is 8.49. The molecule has 0 spiro atoms. The molecule has 0 aromatic carbocycles. The summed E-state index contributed by atoms with van der Waals surface area (Å²) in [7, 11) is 0. The van der Waals surface area contributed by atoms with Gasteiger partial charge in [-0.25, -0.2) is 0 Å². The van der Waals surface area contributed by atoms with Crippen LogP contribution in [0.4, 0.5) is 0 Å². The number of hydrogen-bond acceptors (Lipinski definition) is 1. The van der Waals surface area contributed by atoms with Crippen molar-refractivity contribution in [2.24, 2.45) is 0 Å². The van der Waals surface area contributed by atoms with Gasteiger partial charge >= 0.3 is 0 Å². The Labute approximate surface area is 114 Å². The van der Waals surface area contributed by atoms with Crippen molar-refractivity contribution in [3.05, 3.63) is 23.8 Å². The molecule has 1 nitrogen and oxygen atoms in total. The molecule has 0 N–H and O–H groups in total. The van der Waals surface area contributed by atoms with Gasteiger partial charge in [-0.2, -0.15) is 0 Å². The van der Waals surface area contributed by atoms with E-state index in [1.165, 1.54) is 6.08 Å². The molecule has 0 rings (SSSR count). The smallest absolute Gasteiger partial charge is 0.198 e. The summed E-state index contributed by atoms with van der Waals surface area (Å²) < 4.78 is -1.56. The van der Waals surface area contributed by atoms with Crippen LogP contribution in [0.2, 0.25) is 0 Å². The van der Waals surface area contributed by atoms with E-state index in [1.54, 1.807) is 13.8 Å². The highest BCUT2D eigenvalue weighted by Gasteiger charge is 2.31. The monoisotopic (exact) mass is 332 g/mol. The summed E-state index contributed by atoms with van der Waals surface area (Å²) in [5, 5.41) is 0. The number of carbonyl (C=O) groups is 1. The van der Waals surface area contributed by atoms with E-state index in [1.807, 2.05) is 0 Å². The van der Waals surface area contributed by atoms with Gasteiger partial charge in [0, 0.05) is 10.7 Å². The van der Waals surface area contributed by atoms with Gasteiger partial charge in [0.15, 0.2) is 10.1 Å². The zero-order valence-corrected chi connectivity index (χ0v) is 12.3. The van der Waals surface area contributed by atoms with Crippen LogP contribution in [0.1, 0.15) is 13.8 Å². The number of ketones is 1. The third-order valence-electron chi connectivity index (χ3n) is 1.73. The Morgan fingerprint density at radius 2 is 2.00 bits per heavy atom. The molecular formula is C10H12BrCl3O. The summed E-state index contributed by atoms with van der Waals surface area (Å²) in [6, 6.07) is 0. The summed E-state index contributed by atoms with van der Waals surface area (Å²) in [4.78, 5) is 11.5. The third-order valence-corrected chi connectivity index (χ3v) is 4.02. The van der Waals surface area contributed by atoms with Crippen LogP contribution < -0.4 is 0 Å². The van der Waals surface area contributed by atoms with Gasteiger partial charge in [-0.05, 0) is 25.5 Å². The second-order valence-electron chi connectivity index (χ2n) is 3.24. The van der Waals surface area contributed by atoms with E-state index in [0.717, 1.165) is 5.57 Å². The van der Waals surface area contributed by atoms with Gasteiger partial charge in [0.2, 0.25) is 0 Å². The molecule has 0 saturated heterocycles. The highest BCUT2D eigenvalue weighted by Crippen LogP contribution is 2.30.